The number of nitriles is 2. The number of halogens is 1. The molecule has 3 aliphatic heterocycles. The fourth-order valence-electron chi connectivity index (χ4n) is 7.29. The Morgan fingerprint density at radius 3 is 2.70 bits per heavy atom. The third-order valence-corrected chi connectivity index (χ3v) is 9.57. The molecule has 0 saturated carbocycles. The number of carbonyl (C=O) groups excluding carboxylic acids is 1. The number of aryl methyl sites for hydroxylation is 1. The summed E-state index contributed by atoms with van der Waals surface area (Å²) in [6, 6.07) is 17.0. The van der Waals surface area contributed by atoms with E-state index in [1.54, 1.807) is 11.8 Å². The number of piperazine rings is 1. The number of ether oxygens (including phenoxy) is 1. The van der Waals surface area contributed by atoms with Gasteiger partial charge >= 0.3 is 0 Å². The number of likely N-dealkylation sites (tertiary alicyclic amines) is 1. The zero-order valence-electron chi connectivity index (χ0n) is 26.6. The first-order valence-electron chi connectivity index (χ1n) is 16.0. The number of alkyl halides is 1. The van der Waals surface area contributed by atoms with Crippen LogP contribution in [0.4, 0.5) is 15.8 Å². The predicted molar refractivity (Wildman–Crippen MR) is 177 cm³/mol. The molecule has 2 atom stereocenters. The van der Waals surface area contributed by atoms with Crippen molar-refractivity contribution in [2.75, 3.05) is 62.2 Å². The normalized spacial score (nSPS) is 21.5. The van der Waals surface area contributed by atoms with Crippen molar-refractivity contribution in [2.45, 2.75) is 51.4 Å². The van der Waals surface area contributed by atoms with E-state index in [1.807, 2.05) is 4.90 Å². The summed E-state index contributed by atoms with van der Waals surface area (Å²) in [5.41, 5.74) is 4.15. The Morgan fingerprint density at radius 1 is 1.17 bits per heavy atom. The van der Waals surface area contributed by atoms with E-state index in [2.05, 4.69) is 71.8 Å². The molecule has 9 nitrogen and oxygen atoms in total. The van der Waals surface area contributed by atoms with Crippen LogP contribution in [0.1, 0.15) is 42.1 Å². The van der Waals surface area contributed by atoms with Gasteiger partial charge < -0.3 is 19.4 Å². The first kappa shape index (κ1) is 31.3. The van der Waals surface area contributed by atoms with Crippen LogP contribution in [0.2, 0.25) is 0 Å². The molecule has 0 aliphatic carbocycles. The summed E-state index contributed by atoms with van der Waals surface area (Å²) in [5.74, 6) is 0.0735. The molecule has 6 rings (SSSR count). The zero-order valence-corrected chi connectivity index (χ0v) is 26.6. The predicted octanol–water partition coefficient (Wildman–Crippen LogP) is 4.91. The van der Waals surface area contributed by atoms with Crippen LogP contribution in [-0.4, -0.2) is 84.8 Å². The number of carbonyl (C=O) groups is 1. The maximum absolute atomic E-state index is 14.5. The van der Waals surface area contributed by atoms with E-state index in [9.17, 15) is 19.7 Å². The lowest BCUT2D eigenvalue weighted by molar-refractivity contribution is -0.128. The van der Waals surface area contributed by atoms with E-state index in [4.69, 9.17) is 9.72 Å². The Hall–Kier alpha value is -4.67. The summed E-state index contributed by atoms with van der Waals surface area (Å²) in [6.07, 6.45) is 2.63. The summed E-state index contributed by atoms with van der Waals surface area (Å²) < 4.78 is 20.7. The van der Waals surface area contributed by atoms with Crippen LogP contribution < -0.4 is 14.5 Å². The summed E-state index contributed by atoms with van der Waals surface area (Å²) in [7, 11) is 0. The van der Waals surface area contributed by atoms with Gasteiger partial charge in [0.1, 0.15) is 23.9 Å². The van der Waals surface area contributed by atoms with E-state index >= 15 is 0 Å². The Labute approximate surface area is 270 Å². The molecule has 1 unspecified atom stereocenters. The standard InChI is InChI=1S/C36H40FN7O2/c1-4-32(45)44-18-17-43(22-27(44)11-14-38)34-28-12-15-42(31-10-6-9-26-8-5-7-25(2)33(26)31)23-30(28)40-35(29(34)21-39)46-20-19-41-16-13-36(3,37)24-41/h4-10,27H,1,11-13,15-20,22-24H2,2-3H3/t27-,36?/m0/s1. The monoisotopic (exact) mass is 621 g/mol. The molecule has 10 heteroatoms. The third kappa shape index (κ3) is 6.10. The Morgan fingerprint density at radius 2 is 1.98 bits per heavy atom. The van der Waals surface area contributed by atoms with Gasteiger partial charge in [0.25, 0.3) is 0 Å². The fourth-order valence-corrected chi connectivity index (χ4v) is 7.29. The molecule has 3 aliphatic rings. The van der Waals surface area contributed by atoms with Gasteiger partial charge in [0.05, 0.1) is 36.5 Å². The summed E-state index contributed by atoms with van der Waals surface area (Å²) >= 11 is 0. The number of amides is 1. The van der Waals surface area contributed by atoms with Gasteiger partial charge in [-0.1, -0.05) is 36.9 Å². The number of fused-ring (bicyclic) bond motifs is 2. The smallest absolute Gasteiger partial charge is 0.246 e. The molecule has 2 saturated heterocycles. The first-order chi connectivity index (χ1) is 22.2. The molecule has 46 heavy (non-hydrogen) atoms. The number of rotatable bonds is 8. The summed E-state index contributed by atoms with van der Waals surface area (Å²) in [4.78, 5) is 25.8. The van der Waals surface area contributed by atoms with Crippen LogP contribution in [0.15, 0.2) is 49.1 Å². The topological polar surface area (TPSA) is 99.7 Å². The van der Waals surface area contributed by atoms with E-state index in [0.29, 0.717) is 64.2 Å². The van der Waals surface area contributed by atoms with E-state index in [1.165, 1.54) is 22.4 Å². The number of pyridine rings is 1. The number of hydrogen-bond donors (Lipinski definition) is 0. The highest BCUT2D eigenvalue weighted by molar-refractivity contribution is 5.97. The quantitative estimate of drug-likeness (QED) is 0.328. The minimum Gasteiger partial charge on any atom is -0.475 e. The first-order valence-corrected chi connectivity index (χ1v) is 16.0. The van der Waals surface area contributed by atoms with E-state index in [0.717, 1.165) is 29.2 Å². The molecule has 0 N–H and O–H groups in total. The van der Waals surface area contributed by atoms with Gasteiger partial charge in [-0.25, -0.2) is 9.37 Å². The SMILES string of the molecule is C=CC(=O)N1CCN(c2c(C#N)c(OCCN3CCC(C)(F)C3)nc3c2CCN(c2cccc4cccc(C)c24)C3)C[C@@H]1CC#N. The highest BCUT2D eigenvalue weighted by Gasteiger charge is 2.36. The van der Waals surface area contributed by atoms with Crippen LogP contribution in [0.3, 0.4) is 0 Å². The highest BCUT2D eigenvalue weighted by Crippen LogP contribution is 2.40. The van der Waals surface area contributed by atoms with E-state index < -0.39 is 5.67 Å². The Balaban J connectivity index is 1.37. The van der Waals surface area contributed by atoms with Crippen molar-refractivity contribution in [3.05, 3.63) is 71.4 Å². The lowest BCUT2D eigenvalue weighted by atomic mass is 9.95. The van der Waals surface area contributed by atoms with Gasteiger partial charge in [0.15, 0.2) is 0 Å². The average molecular weight is 622 g/mol. The lowest BCUT2D eigenvalue weighted by Crippen LogP contribution is -2.55. The molecular weight excluding hydrogens is 581 g/mol. The van der Waals surface area contributed by atoms with Gasteiger partial charge in [0.2, 0.25) is 11.8 Å². The summed E-state index contributed by atoms with van der Waals surface area (Å²) in [5, 5.41) is 22.5. The lowest BCUT2D eigenvalue weighted by Gasteiger charge is -2.43. The minimum atomic E-state index is -1.20. The minimum absolute atomic E-state index is 0.173. The van der Waals surface area contributed by atoms with Crippen LogP contribution in [0.25, 0.3) is 10.8 Å². The second-order valence-corrected chi connectivity index (χ2v) is 12.8. The fraction of sp³-hybridized carbons (Fsp3) is 0.444. The molecular formula is C36H40FN7O2. The Kier molecular flexibility index (Phi) is 8.84. The molecule has 0 radical (unpaired) electrons. The molecule has 1 amide bonds. The number of hydrogen-bond acceptors (Lipinski definition) is 8. The molecule has 1 aromatic heterocycles. The van der Waals surface area contributed by atoms with Crippen LogP contribution >= 0.6 is 0 Å². The molecule has 2 aromatic carbocycles. The molecule has 238 valence electrons. The maximum atomic E-state index is 14.5. The highest BCUT2D eigenvalue weighted by atomic mass is 19.1. The van der Waals surface area contributed by atoms with Crippen LogP contribution in [0, 0.1) is 29.6 Å². The zero-order chi connectivity index (χ0) is 32.4. The van der Waals surface area contributed by atoms with E-state index in [-0.39, 0.29) is 30.9 Å². The van der Waals surface area contributed by atoms with Crippen molar-refractivity contribution >= 4 is 28.1 Å². The Bertz CT molecular complexity index is 1740. The van der Waals surface area contributed by atoms with Gasteiger partial charge in [-0.05, 0) is 49.8 Å². The van der Waals surface area contributed by atoms with Crippen LogP contribution in [0.5, 0.6) is 5.88 Å². The third-order valence-electron chi connectivity index (χ3n) is 9.57. The maximum Gasteiger partial charge on any atom is 0.246 e. The number of benzene rings is 2. The second kappa shape index (κ2) is 13.0. The molecule has 3 aromatic rings. The molecule has 0 bridgehead atoms. The van der Waals surface area contributed by atoms with Gasteiger partial charge in [-0.3, -0.25) is 9.69 Å². The molecule has 2 fully saturated rings. The number of nitrogens with zero attached hydrogens (tertiary/aromatic N) is 7. The van der Waals surface area contributed by atoms with Crippen LogP contribution in [-0.2, 0) is 17.8 Å². The van der Waals surface area contributed by atoms with Gasteiger partial charge in [-0.2, -0.15) is 10.5 Å². The molecule has 0 spiro atoms. The van der Waals surface area contributed by atoms with Crippen molar-refractivity contribution < 1.29 is 13.9 Å². The van der Waals surface area contributed by atoms with Crippen molar-refractivity contribution in [1.82, 2.24) is 14.8 Å². The van der Waals surface area contributed by atoms with Crippen molar-refractivity contribution in [3.63, 3.8) is 0 Å². The van der Waals surface area contributed by atoms with Crippen molar-refractivity contribution in [1.29, 1.82) is 10.5 Å². The average Bonchev–Trinajstić information content (AvgIpc) is 3.41. The van der Waals surface area contributed by atoms with Crippen molar-refractivity contribution in [2.24, 2.45) is 0 Å². The van der Waals surface area contributed by atoms with Gasteiger partial charge in [-0.15, -0.1) is 0 Å². The number of anilines is 2. The summed E-state index contributed by atoms with van der Waals surface area (Å²) in [6.45, 7) is 11.8. The van der Waals surface area contributed by atoms with Crippen molar-refractivity contribution in [3.8, 4) is 18.0 Å². The molecule has 4 heterocycles. The largest absolute Gasteiger partial charge is 0.475 e. The van der Waals surface area contributed by atoms with Gasteiger partial charge in [0, 0.05) is 62.5 Å². The number of aromatic nitrogens is 1. The second-order valence-electron chi connectivity index (χ2n) is 12.8.